The molecule has 3 aromatic rings. The first-order chi connectivity index (χ1) is 15.4. The second-order valence-electron chi connectivity index (χ2n) is 8.81. The van der Waals surface area contributed by atoms with E-state index in [4.69, 9.17) is 14.7 Å². The zero-order chi connectivity index (χ0) is 22.7. The largest absolute Gasteiger partial charge is 0.507 e. The van der Waals surface area contributed by atoms with E-state index in [1.807, 2.05) is 39.0 Å². The number of anilines is 1. The number of hydrogen-bond acceptors (Lipinski definition) is 6. The minimum absolute atomic E-state index is 0.0823. The zero-order valence-electron chi connectivity index (χ0n) is 18.8. The van der Waals surface area contributed by atoms with Gasteiger partial charge in [-0.25, -0.2) is 14.8 Å². The second-order valence-corrected chi connectivity index (χ2v) is 8.81. The maximum atomic E-state index is 12.0. The summed E-state index contributed by atoms with van der Waals surface area (Å²) in [6.45, 7) is 8.01. The van der Waals surface area contributed by atoms with Gasteiger partial charge in [0, 0.05) is 24.5 Å². The molecule has 1 aliphatic rings. The van der Waals surface area contributed by atoms with Crippen LogP contribution >= 0.6 is 0 Å². The molecule has 1 aliphatic heterocycles. The molecule has 2 N–H and O–H groups in total. The molecule has 7 heteroatoms. The monoisotopic (exact) mass is 434 g/mol. The highest BCUT2D eigenvalue weighted by Gasteiger charge is 2.24. The highest BCUT2D eigenvalue weighted by atomic mass is 16.5. The van der Waals surface area contributed by atoms with Crippen molar-refractivity contribution in [3.8, 4) is 17.1 Å². The van der Waals surface area contributed by atoms with Crippen molar-refractivity contribution in [1.82, 2.24) is 15.3 Å². The normalized spacial score (nSPS) is 14.7. The van der Waals surface area contributed by atoms with Crippen molar-refractivity contribution in [2.45, 2.75) is 39.7 Å². The van der Waals surface area contributed by atoms with Gasteiger partial charge < -0.3 is 20.1 Å². The molecule has 32 heavy (non-hydrogen) atoms. The molecule has 1 saturated heterocycles. The molecule has 7 nitrogen and oxygen atoms in total. The minimum Gasteiger partial charge on any atom is -0.507 e. The first-order valence-electron chi connectivity index (χ1n) is 11.2. The molecule has 2 heterocycles. The number of rotatable bonds is 5. The van der Waals surface area contributed by atoms with Crippen LogP contribution in [0.4, 0.5) is 10.6 Å². The van der Waals surface area contributed by atoms with Gasteiger partial charge in [-0.2, -0.15) is 0 Å². The summed E-state index contributed by atoms with van der Waals surface area (Å²) in [4.78, 5) is 23.9. The number of carbonyl (C=O) groups excluding carboxylic acids is 1. The fourth-order valence-corrected chi connectivity index (χ4v) is 3.93. The third-order valence-electron chi connectivity index (χ3n) is 5.64. The number of alkyl carbamates (subject to hydrolysis) is 1. The van der Waals surface area contributed by atoms with Gasteiger partial charge in [-0.05, 0) is 55.5 Å². The fourth-order valence-electron chi connectivity index (χ4n) is 3.93. The summed E-state index contributed by atoms with van der Waals surface area (Å²) < 4.78 is 5.25. The van der Waals surface area contributed by atoms with E-state index in [9.17, 15) is 9.90 Å². The Morgan fingerprint density at radius 2 is 1.94 bits per heavy atom. The van der Waals surface area contributed by atoms with E-state index in [2.05, 4.69) is 22.3 Å². The zero-order valence-corrected chi connectivity index (χ0v) is 18.8. The highest BCUT2D eigenvalue weighted by Crippen LogP contribution is 2.33. The number of amides is 1. The molecule has 0 saturated carbocycles. The van der Waals surface area contributed by atoms with Crippen molar-refractivity contribution >= 4 is 22.8 Å². The van der Waals surface area contributed by atoms with Crippen molar-refractivity contribution in [3.05, 3.63) is 48.0 Å². The molecular formula is C25H30N4O3. The lowest BCUT2D eigenvalue weighted by Gasteiger charge is -2.33. The second kappa shape index (κ2) is 9.42. The van der Waals surface area contributed by atoms with Gasteiger partial charge in [0.15, 0.2) is 5.82 Å². The Morgan fingerprint density at radius 1 is 1.19 bits per heavy atom. The molecule has 168 valence electrons. The van der Waals surface area contributed by atoms with Gasteiger partial charge in [0.1, 0.15) is 11.6 Å². The number of aromatic nitrogens is 2. The summed E-state index contributed by atoms with van der Waals surface area (Å²) in [7, 11) is 0. The predicted molar refractivity (Wildman–Crippen MR) is 126 cm³/mol. The fraction of sp³-hybridized carbons (Fsp3) is 0.400. The van der Waals surface area contributed by atoms with Crippen LogP contribution in [0.3, 0.4) is 0 Å². The number of piperidine rings is 1. The number of benzene rings is 2. The number of ether oxygens (including phenoxy) is 1. The molecule has 0 aliphatic carbocycles. The molecule has 0 spiro atoms. The van der Waals surface area contributed by atoms with Gasteiger partial charge in [0.05, 0.1) is 17.7 Å². The van der Waals surface area contributed by atoms with Gasteiger partial charge in [0.25, 0.3) is 0 Å². The van der Waals surface area contributed by atoms with Crippen LogP contribution in [-0.2, 0) is 4.74 Å². The molecule has 1 fully saturated rings. The SMILES string of the molecule is Cc1ccc2c(N3CCC(NC(=O)OCC(C)C)CC3)nc(-c3ccccc3O)nc2c1. The third kappa shape index (κ3) is 4.93. The summed E-state index contributed by atoms with van der Waals surface area (Å²) in [6, 6.07) is 13.4. The van der Waals surface area contributed by atoms with Gasteiger partial charge in [0.2, 0.25) is 0 Å². The lowest BCUT2D eigenvalue weighted by atomic mass is 10.0. The lowest BCUT2D eigenvalue weighted by Crippen LogP contribution is -2.45. The van der Waals surface area contributed by atoms with E-state index < -0.39 is 0 Å². The Kier molecular flexibility index (Phi) is 6.44. The molecule has 1 aromatic heterocycles. The number of carbonyl (C=O) groups is 1. The van der Waals surface area contributed by atoms with E-state index in [1.165, 1.54) is 0 Å². The number of nitrogens with zero attached hydrogens (tertiary/aromatic N) is 3. The number of fused-ring (bicyclic) bond motifs is 1. The number of phenolic OH excluding ortho intramolecular Hbond substituents is 1. The standard InChI is InChI=1S/C25H30N4O3/c1-16(2)15-32-25(31)26-18-10-12-29(13-11-18)24-19-9-8-17(3)14-21(19)27-23(28-24)20-6-4-5-7-22(20)30/h4-9,14,16,18,30H,10-13,15H2,1-3H3,(H,26,31). The van der Waals surface area contributed by atoms with Crippen LogP contribution in [0.25, 0.3) is 22.3 Å². The molecule has 4 rings (SSSR count). The number of aromatic hydroxyl groups is 1. The molecule has 2 aromatic carbocycles. The van der Waals surface area contributed by atoms with E-state index in [0.717, 1.165) is 48.2 Å². The van der Waals surface area contributed by atoms with Crippen LogP contribution in [0, 0.1) is 12.8 Å². The van der Waals surface area contributed by atoms with Crippen LogP contribution < -0.4 is 10.2 Å². The van der Waals surface area contributed by atoms with Crippen molar-refractivity contribution in [3.63, 3.8) is 0 Å². The van der Waals surface area contributed by atoms with Crippen LogP contribution in [0.5, 0.6) is 5.75 Å². The number of aryl methyl sites for hydroxylation is 1. The van der Waals surface area contributed by atoms with E-state index in [0.29, 0.717) is 23.9 Å². The molecule has 1 amide bonds. The van der Waals surface area contributed by atoms with Crippen LogP contribution in [0.2, 0.25) is 0 Å². The summed E-state index contributed by atoms with van der Waals surface area (Å²) in [6.07, 6.45) is 1.27. The van der Waals surface area contributed by atoms with Crippen LogP contribution in [0.15, 0.2) is 42.5 Å². The Hall–Kier alpha value is -3.35. The topological polar surface area (TPSA) is 87.6 Å². The van der Waals surface area contributed by atoms with Crippen LogP contribution in [-0.4, -0.2) is 46.9 Å². The average Bonchev–Trinajstić information content (AvgIpc) is 2.77. The number of nitrogens with one attached hydrogen (secondary N) is 1. The van der Waals surface area contributed by atoms with Crippen LogP contribution in [0.1, 0.15) is 32.3 Å². The Labute approximate surface area is 188 Å². The number of hydrogen-bond donors (Lipinski definition) is 2. The highest BCUT2D eigenvalue weighted by molar-refractivity contribution is 5.92. The van der Waals surface area contributed by atoms with Crippen molar-refractivity contribution < 1.29 is 14.6 Å². The van der Waals surface area contributed by atoms with Crippen molar-refractivity contribution in [2.24, 2.45) is 5.92 Å². The van der Waals surface area contributed by atoms with E-state index in [-0.39, 0.29) is 17.9 Å². The van der Waals surface area contributed by atoms with Gasteiger partial charge >= 0.3 is 6.09 Å². The summed E-state index contributed by atoms with van der Waals surface area (Å²) in [5.41, 5.74) is 2.58. The third-order valence-corrected chi connectivity index (χ3v) is 5.64. The van der Waals surface area contributed by atoms with Crippen molar-refractivity contribution in [1.29, 1.82) is 0 Å². The van der Waals surface area contributed by atoms with E-state index >= 15 is 0 Å². The molecule has 0 unspecified atom stereocenters. The minimum atomic E-state index is -0.345. The smallest absolute Gasteiger partial charge is 0.407 e. The first kappa shape index (κ1) is 21.9. The molecule has 0 bridgehead atoms. The lowest BCUT2D eigenvalue weighted by molar-refractivity contribution is 0.128. The summed E-state index contributed by atoms with van der Waals surface area (Å²) in [5, 5.41) is 14.3. The summed E-state index contributed by atoms with van der Waals surface area (Å²) in [5.74, 6) is 1.84. The number of phenols is 1. The number of para-hydroxylation sites is 1. The molecular weight excluding hydrogens is 404 g/mol. The van der Waals surface area contributed by atoms with Gasteiger partial charge in [-0.3, -0.25) is 0 Å². The quantitative estimate of drug-likeness (QED) is 0.607. The predicted octanol–water partition coefficient (Wildman–Crippen LogP) is 4.66. The Bertz CT molecular complexity index is 1110. The van der Waals surface area contributed by atoms with E-state index in [1.54, 1.807) is 12.1 Å². The average molecular weight is 435 g/mol. The Morgan fingerprint density at radius 3 is 2.66 bits per heavy atom. The maximum absolute atomic E-state index is 12.0. The Balaban J connectivity index is 1.56. The maximum Gasteiger partial charge on any atom is 0.407 e. The summed E-state index contributed by atoms with van der Waals surface area (Å²) >= 11 is 0. The molecule has 0 atom stereocenters. The molecule has 0 radical (unpaired) electrons. The first-order valence-corrected chi connectivity index (χ1v) is 11.2. The van der Waals surface area contributed by atoms with Gasteiger partial charge in [-0.15, -0.1) is 0 Å². The van der Waals surface area contributed by atoms with Gasteiger partial charge in [-0.1, -0.05) is 32.0 Å². The van der Waals surface area contributed by atoms with Crippen molar-refractivity contribution in [2.75, 3.05) is 24.6 Å².